The molecule has 1 aromatic heterocycles. The highest BCUT2D eigenvalue weighted by molar-refractivity contribution is 7.09. The van der Waals surface area contributed by atoms with Gasteiger partial charge in [0, 0.05) is 28.7 Å². The Morgan fingerprint density at radius 2 is 2.18 bits per heavy atom. The lowest BCUT2D eigenvalue weighted by molar-refractivity contribution is 0.0731. The van der Waals surface area contributed by atoms with Crippen LogP contribution >= 0.6 is 23.7 Å². The van der Waals surface area contributed by atoms with Crippen molar-refractivity contribution in [3.05, 3.63) is 51.7 Å². The van der Waals surface area contributed by atoms with Gasteiger partial charge in [-0.1, -0.05) is 6.07 Å². The molecule has 0 unspecified atom stereocenters. The van der Waals surface area contributed by atoms with Crippen molar-refractivity contribution in [2.45, 2.75) is 31.8 Å². The van der Waals surface area contributed by atoms with Gasteiger partial charge in [0.15, 0.2) is 0 Å². The maximum atomic E-state index is 12.9. The van der Waals surface area contributed by atoms with Crippen LogP contribution in [0.15, 0.2) is 35.7 Å². The highest BCUT2D eigenvalue weighted by Crippen LogP contribution is 2.31. The first-order valence-corrected chi connectivity index (χ1v) is 8.39. The molecule has 0 spiro atoms. The Bertz CT molecular complexity index is 667. The number of thiophene rings is 1. The summed E-state index contributed by atoms with van der Waals surface area (Å²) in [5.74, 6) is 0.181. The van der Waals surface area contributed by atoms with Gasteiger partial charge in [0.2, 0.25) is 0 Å². The third-order valence-electron chi connectivity index (χ3n) is 4.22. The zero-order chi connectivity index (χ0) is 14.2. The summed E-state index contributed by atoms with van der Waals surface area (Å²) in [5, 5.41) is 5.42. The minimum atomic E-state index is 0. The van der Waals surface area contributed by atoms with Crippen molar-refractivity contribution in [1.29, 1.82) is 0 Å². The second kappa shape index (κ2) is 6.31. The van der Waals surface area contributed by atoms with E-state index in [1.807, 2.05) is 12.1 Å². The number of benzene rings is 1. The van der Waals surface area contributed by atoms with Crippen molar-refractivity contribution < 1.29 is 4.79 Å². The normalized spacial score (nSPS) is 15.6. The Hall–Kier alpha value is -1.52. The van der Waals surface area contributed by atoms with E-state index in [4.69, 9.17) is 0 Å². The molecule has 0 saturated heterocycles. The highest BCUT2D eigenvalue weighted by atomic mass is 35.5. The van der Waals surface area contributed by atoms with E-state index in [-0.39, 0.29) is 18.3 Å². The molecule has 22 heavy (non-hydrogen) atoms. The topological polar surface area (TPSA) is 32.3 Å². The SMILES string of the molecule is Cl.O=C(c1ccc2c(c1)CCN2)N(Cc1cccs1)C1CC1. The molecule has 2 aliphatic rings. The molecule has 1 N–H and O–H groups in total. The number of hydrogen-bond donors (Lipinski definition) is 1. The van der Waals surface area contributed by atoms with E-state index in [0.29, 0.717) is 6.04 Å². The van der Waals surface area contributed by atoms with Crippen molar-refractivity contribution in [2.75, 3.05) is 11.9 Å². The minimum absolute atomic E-state index is 0. The van der Waals surface area contributed by atoms with Crippen LogP contribution in [-0.2, 0) is 13.0 Å². The number of rotatable bonds is 4. The summed E-state index contributed by atoms with van der Waals surface area (Å²) < 4.78 is 0. The number of fused-ring (bicyclic) bond motifs is 1. The number of nitrogens with zero attached hydrogens (tertiary/aromatic N) is 1. The smallest absolute Gasteiger partial charge is 0.254 e. The molecule has 1 fully saturated rings. The van der Waals surface area contributed by atoms with Crippen molar-refractivity contribution in [3.63, 3.8) is 0 Å². The predicted octanol–water partition coefficient (Wildman–Crippen LogP) is 3.94. The van der Waals surface area contributed by atoms with Gasteiger partial charge in [-0.2, -0.15) is 0 Å². The Kier molecular flexibility index (Phi) is 4.41. The summed E-state index contributed by atoms with van der Waals surface area (Å²) in [5.41, 5.74) is 3.29. The molecule has 0 atom stereocenters. The lowest BCUT2D eigenvalue weighted by Crippen LogP contribution is -2.32. The van der Waals surface area contributed by atoms with Gasteiger partial charge in [-0.15, -0.1) is 23.7 Å². The van der Waals surface area contributed by atoms with Gasteiger partial charge in [0.1, 0.15) is 0 Å². The summed E-state index contributed by atoms with van der Waals surface area (Å²) >= 11 is 1.73. The third-order valence-corrected chi connectivity index (χ3v) is 5.08. The maximum Gasteiger partial charge on any atom is 0.254 e. The van der Waals surface area contributed by atoms with E-state index >= 15 is 0 Å². The molecule has 5 heteroatoms. The molecule has 2 aromatic rings. The standard InChI is InChI=1S/C17H18N2OS.ClH/c20-17(13-3-6-16-12(10-13)7-8-18-16)19(14-4-5-14)11-15-2-1-9-21-15;/h1-3,6,9-10,14,18H,4-5,7-8,11H2;1H. The number of anilines is 1. The van der Waals surface area contributed by atoms with Crippen LogP contribution in [-0.4, -0.2) is 23.4 Å². The van der Waals surface area contributed by atoms with Crippen LogP contribution in [0.25, 0.3) is 0 Å². The largest absolute Gasteiger partial charge is 0.384 e. The maximum absolute atomic E-state index is 12.9. The molecule has 1 saturated carbocycles. The fourth-order valence-electron chi connectivity index (χ4n) is 2.93. The first-order valence-electron chi connectivity index (χ1n) is 7.51. The molecule has 1 amide bonds. The van der Waals surface area contributed by atoms with Crippen molar-refractivity contribution in [3.8, 4) is 0 Å². The summed E-state index contributed by atoms with van der Waals surface area (Å²) in [7, 11) is 0. The van der Waals surface area contributed by atoms with Crippen molar-refractivity contribution in [1.82, 2.24) is 4.90 Å². The minimum Gasteiger partial charge on any atom is -0.384 e. The molecule has 4 rings (SSSR count). The molecule has 1 aliphatic heterocycles. The van der Waals surface area contributed by atoms with Gasteiger partial charge in [0.25, 0.3) is 5.91 Å². The molecule has 1 aromatic carbocycles. The molecule has 1 aliphatic carbocycles. The molecule has 0 bridgehead atoms. The fourth-order valence-corrected chi connectivity index (χ4v) is 3.63. The van der Waals surface area contributed by atoms with Gasteiger partial charge in [-0.25, -0.2) is 0 Å². The lowest BCUT2D eigenvalue weighted by Gasteiger charge is -2.22. The molecule has 0 radical (unpaired) electrons. The Balaban J connectivity index is 0.00000144. The summed E-state index contributed by atoms with van der Waals surface area (Å²) in [4.78, 5) is 16.2. The third kappa shape index (κ3) is 2.99. The average molecular weight is 335 g/mol. The van der Waals surface area contributed by atoms with Crippen LogP contribution in [0.5, 0.6) is 0 Å². The first-order chi connectivity index (χ1) is 10.3. The van der Waals surface area contributed by atoms with Crippen LogP contribution < -0.4 is 5.32 Å². The van der Waals surface area contributed by atoms with Gasteiger partial charge in [-0.3, -0.25) is 4.79 Å². The zero-order valence-corrected chi connectivity index (χ0v) is 13.9. The molecular formula is C17H19ClN2OS. The second-order valence-electron chi connectivity index (χ2n) is 5.79. The fraction of sp³-hybridized carbons (Fsp3) is 0.353. The van der Waals surface area contributed by atoms with Gasteiger partial charge in [-0.05, 0) is 54.5 Å². The average Bonchev–Trinajstić information content (AvgIpc) is 3.02. The predicted molar refractivity (Wildman–Crippen MR) is 93.1 cm³/mol. The zero-order valence-electron chi connectivity index (χ0n) is 12.2. The second-order valence-corrected chi connectivity index (χ2v) is 6.82. The quantitative estimate of drug-likeness (QED) is 0.918. The van der Waals surface area contributed by atoms with Crippen LogP contribution in [0, 0.1) is 0 Å². The molecular weight excluding hydrogens is 316 g/mol. The van der Waals surface area contributed by atoms with Gasteiger partial charge < -0.3 is 10.2 Å². The molecule has 2 heterocycles. The number of hydrogen-bond acceptors (Lipinski definition) is 3. The van der Waals surface area contributed by atoms with Crippen LogP contribution in [0.2, 0.25) is 0 Å². The Morgan fingerprint density at radius 3 is 2.91 bits per heavy atom. The first kappa shape index (κ1) is 15.4. The van der Waals surface area contributed by atoms with E-state index in [0.717, 1.165) is 37.9 Å². The summed E-state index contributed by atoms with van der Waals surface area (Å²) in [6.45, 7) is 1.73. The van der Waals surface area contributed by atoms with Gasteiger partial charge in [0.05, 0.1) is 6.54 Å². The van der Waals surface area contributed by atoms with Gasteiger partial charge >= 0.3 is 0 Å². The number of amides is 1. The van der Waals surface area contributed by atoms with Crippen LogP contribution in [0.3, 0.4) is 0 Å². The number of halogens is 1. The van der Waals surface area contributed by atoms with E-state index < -0.39 is 0 Å². The summed E-state index contributed by atoms with van der Waals surface area (Å²) in [6.07, 6.45) is 3.30. The highest BCUT2D eigenvalue weighted by Gasteiger charge is 2.33. The summed E-state index contributed by atoms with van der Waals surface area (Å²) in [6, 6.07) is 10.7. The van der Waals surface area contributed by atoms with Crippen LogP contribution in [0.1, 0.15) is 33.6 Å². The van der Waals surface area contributed by atoms with E-state index in [1.165, 1.54) is 16.1 Å². The van der Waals surface area contributed by atoms with Crippen molar-refractivity contribution in [2.24, 2.45) is 0 Å². The number of nitrogens with one attached hydrogen (secondary N) is 1. The van der Waals surface area contributed by atoms with E-state index in [2.05, 4.69) is 33.8 Å². The number of carbonyl (C=O) groups excluding carboxylic acids is 1. The monoisotopic (exact) mass is 334 g/mol. The lowest BCUT2D eigenvalue weighted by atomic mass is 10.1. The molecule has 3 nitrogen and oxygen atoms in total. The van der Waals surface area contributed by atoms with Crippen molar-refractivity contribution >= 4 is 35.3 Å². The molecule has 116 valence electrons. The Labute approximate surface area is 140 Å². The van der Waals surface area contributed by atoms with Crippen LogP contribution in [0.4, 0.5) is 5.69 Å². The Morgan fingerprint density at radius 1 is 1.32 bits per heavy atom. The number of carbonyl (C=O) groups is 1. The van der Waals surface area contributed by atoms with E-state index in [9.17, 15) is 4.79 Å². The van der Waals surface area contributed by atoms with E-state index in [1.54, 1.807) is 11.3 Å².